The molecular weight excluding hydrogens is 251 g/mol. The summed E-state index contributed by atoms with van der Waals surface area (Å²) >= 11 is 0. The molecule has 1 nitrogen and oxygen atoms in total. The number of unbranched alkanes of at least 4 members (excludes halogenated alkanes) is 7. The van der Waals surface area contributed by atoms with Gasteiger partial charge in [-0.3, -0.25) is 0 Å². The third-order valence-electron chi connectivity index (χ3n) is 3.75. The summed E-state index contributed by atoms with van der Waals surface area (Å²) in [5, 5.41) is 9.94. The lowest BCUT2D eigenvalue weighted by Crippen LogP contribution is -2.10. The number of benzene rings is 1. The molecule has 1 aromatic rings. The summed E-state index contributed by atoms with van der Waals surface area (Å²) in [4.78, 5) is 0. The highest BCUT2D eigenvalue weighted by molar-refractivity contribution is 5.16. The molecule has 1 aromatic carbocycles. The average Bonchev–Trinajstić information content (AvgIpc) is 2.42. The van der Waals surface area contributed by atoms with E-state index >= 15 is 0 Å². The van der Waals surface area contributed by atoms with Crippen LogP contribution in [0.3, 0.4) is 0 Å². The number of aliphatic hydroxyl groups is 1. The minimum absolute atomic E-state index is 0.221. The van der Waals surface area contributed by atoms with Gasteiger partial charge in [-0.1, -0.05) is 70.4 Å². The van der Waals surface area contributed by atoms with Gasteiger partial charge in [0, 0.05) is 0 Å². The quantitative estimate of drug-likeness (QED) is 0.548. The molecule has 0 aromatic heterocycles. The molecule has 0 heterocycles. The molecule has 0 radical (unpaired) electrons. The molecule has 0 saturated heterocycles. The molecule has 0 spiro atoms. The topological polar surface area (TPSA) is 20.2 Å². The molecule has 20 heavy (non-hydrogen) atoms. The molecule has 2 heteroatoms. The fourth-order valence-corrected chi connectivity index (χ4v) is 2.55. The zero-order valence-electron chi connectivity index (χ0n) is 12.8. The van der Waals surface area contributed by atoms with Gasteiger partial charge in [0.05, 0.1) is 6.10 Å². The Morgan fingerprint density at radius 3 is 2.30 bits per heavy atom. The standard InChI is InChI=1S/C18H29FO/c1-2-3-4-5-6-7-8-9-13-18(20)15-16-11-10-12-17(19)14-16/h10-12,14,18,20H,2-9,13,15H2,1H3. The minimum Gasteiger partial charge on any atom is -0.393 e. The van der Waals surface area contributed by atoms with E-state index < -0.39 is 0 Å². The summed E-state index contributed by atoms with van der Waals surface area (Å²) in [6, 6.07) is 6.53. The normalized spacial score (nSPS) is 12.6. The maximum Gasteiger partial charge on any atom is 0.123 e. The van der Waals surface area contributed by atoms with E-state index in [1.165, 1.54) is 57.1 Å². The first-order chi connectivity index (χ1) is 9.72. The first-order valence-corrected chi connectivity index (χ1v) is 8.15. The predicted octanol–water partition coefficient (Wildman–Crippen LogP) is 5.26. The smallest absolute Gasteiger partial charge is 0.123 e. The Balaban J connectivity index is 2.01. The van der Waals surface area contributed by atoms with E-state index in [2.05, 4.69) is 6.92 Å². The van der Waals surface area contributed by atoms with E-state index in [-0.39, 0.29) is 11.9 Å². The van der Waals surface area contributed by atoms with Crippen LogP contribution in [0.15, 0.2) is 24.3 Å². The van der Waals surface area contributed by atoms with Crippen LogP contribution in [0.25, 0.3) is 0 Å². The van der Waals surface area contributed by atoms with Crippen LogP contribution in [0, 0.1) is 5.82 Å². The lowest BCUT2D eigenvalue weighted by molar-refractivity contribution is 0.161. The molecule has 1 rings (SSSR count). The Morgan fingerprint density at radius 2 is 1.65 bits per heavy atom. The van der Waals surface area contributed by atoms with Crippen molar-refractivity contribution in [3.8, 4) is 0 Å². The summed E-state index contributed by atoms with van der Waals surface area (Å²) in [5.41, 5.74) is 0.886. The van der Waals surface area contributed by atoms with Crippen LogP contribution >= 0.6 is 0 Å². The van der Waals surface area contributed by atoms with Crippen LogP contribution in [0.4, 0.5) is 4.39 Å². The van der Waals surface area contributed by atoms with E-state index in [9.17, 15) is 9.50 Å². The van der Waals surface area contributed by atoms with Gasteiger partial charge in [-0.05, 0) is 30.5 Å². The molecule has 1 unspecified atom stereocenters. The molecule has 0 bridgehead atoms. The number of halogens is 1. The lowest BCUT2D eigenvalue weighted by Gasteiger charge is -2.10. The Kier molecular flexibility index (Phi) is 9.31. The van der Waals surface area contributed by atoms with Gasteiger partial charge in [-0.2, -0.15) is 0 Å². The zero-order chi connectivity index (χ0) is 14.6. The van der Waals surface area contributed by atoms with Crippen molar-refractivity contribution >= 4 is 0 Å². The third kappa shape index (κ3) is 8.31. The summed E-state index contributed by atoms with van der Waals surface area (Å²) in [5.74, 6) is -0.221. The number of hydrogen-bond acceptors (Lipinski definition) is 1. The lowest BCUT2D eigenvalue weighted by atomic mass is 10.0. The van der Waals surface area contributed by atoms with Crippen molar-refractivity contribution in [2.24, 2.45) is 0 Å². The van der Waals surface area contributed by atoms with Crippen molar-refractivity contribution in [2.75, 3.05) is 0 Å². The summed E-state index contributed by atoms with van der Waals surface area (Å²) in [6.45, 7) is 2.24. The van der Waals surface area contributed by atoms with Gasteiger partial charge in [0.25, 0.3) is 0 Å². The van der Waals surface area contributed by atoms with Crippen LogP contribution in [-0.2, 0) is 6.42 Å². The first kappa shape index (κ1) is 17.2. The fraction of sp³-hybridized carbons (Fsp3) is 0.667. The summed E-state index contributed by atoms with van der Waals surface area (Å²) < 4.78 is 13.0. The van der Waals surface area contributed by atoms with Crippen molar-refractivity contribution in [1.29, 1.82) is 0 Å². The van der Waals surface area contributed by atoms with Crippen molar-refractivity contribution < 1.29 is 9.50 Å². The third-order valence-corrected chi connectivity index (χ3v) is 3.75. The zero-order valence-corrected chi connectivity index (χ0v) is 12.8. The maximum absolute atomic E-state index is 13.0. The highest BCUT2D eigenvalue weighted by atomic mass is 19.1. The van der Waals surface area contributed by atoms with Crippen LogP contribution in [0.5, 0.6) is 0 Å². The van der Waals surface area contributed by atoms with Crippen LogP contribution in [0.2, 0.25) is 0 Å². The van der Waals surface area contributed by atoms with E-state index in [0.717, 1.165) is 18.4 Å². The number of hydrogen-bond donors (Lipinski definition) is 1. The second-order valence-corrected chi connectivity index (χ2v) is 5.75. The van der Waals surface area contributed by atoms with Gasteiger partial charge in [-0.15, -0.1) is 0 Å². The molecular formula is C18H29FO. The minimum atomic E-state index is -0.336. The van der Waals surface area contributed by atoms with Gasteiger partial charge in [-0.25, -0.2) is 4.39 Å². The molecule has 1 atom stereocenters. The Morgan fingerprint density at radius 1 is 1.00 bits per heavy atom. The maximum atomic E-state index is 13.0. The Bertz CT molecular complexity index is 351. The Hall–Kier alpha value is -0.890. The largest absolute Gasteiger partial charge is 0.393 e. The molecule has 0 amide bonds. The molecule has 1 N–H and O–H groups in total. The highest BCUT2D eigenvalue weighted by Crippen LogP contribution is 2.13. The second kappa shape index (κ2) is 10.8. The predicted molar refractivity (Wildman–Crippen MR) is 83.3 cm³/mol. The monoisotopic (exact) mass is 280 g/mol. The van der Waals surface area contributed by atoms with Crippen molar-refractivity contribution in [3.05, 3.63) is 35.6 Å². The van der Waals surface area contributed by atoms with E-state index in [4.69, 9.17) is 0 Å². The summed E-state index contributed by atoms with van der Waals surface area (Å²) in [7, 11) is 0. The first-order valence-electron chi connectivity index (χ1n) is 8.15. The second-order valence-electron chi connectivity index (χ2n) is 5.75. The highest BCUT2D eigenvalue weighted by Gasteiger charge is 2.06. The van der Waals surface area contributed by atoms with Crippen LogP contribution < -0.4 is 0 Å². The molecule has 0 saturated carbocycles. The molecule has 114 valence electrons. The molecule has 0 aliphatic rings. The van der Waals surface area contributed by atoms with Gasteiger partial charge in [0.15, 0.2) is 0 Å². The van der Waals surface area contributed by atoms with Crippen molar-refractivity contribution in [3.63, 3.8) is 0 Å². The summed E-state index contributed by atoms with van der Waals surface area (Å²) in [6.07, 6.45) is 11.3. The van der Waals surface area contributed by atoms with E-state index in [1.807, 2.05) is 6.07 Å². The van der Waals surface area contributed by atoms with Crippen LogP contribution in [0.1, 0.15) is 70.3 Å². The SMILES string of the molecule is CCCCCCCCCCC(O)Cc1cccc(F)c1. The molecule has 0 aliphatic heterocycles. The van der Waals surface area contributed by atoms with Gasteiger partial charge < -0.3 is 5.11 Å². The van der Waals surface area contributed by atoms with Gasteiger partial charge >= 0.3 is 0 Å². The van der Waals surface area contributed by atoms with Crippen LogP contribution in [-0.4, -0.2) is 11.2 Å². The molecule has 0 fully saturated rings. The van der Waals surface area contributed by atoms with Crippen molar-refractivity contribution in [1.82, 2.24) is 0 Å². The van der Waals surface area contributed by atoms with E-state index in [0.29, 0.717) is 6.42 Å². The van der Waals surface area contributed by atoms with Gasteiger partial charge in [0.1, 0.15) is 5.82 Å². The Labute approximate surface area is 123 Å². The number of aliphatic hydroxyl groups excluding tert-OH is 1. The van der Waals surface area contributed by atoms with E-state index in [1.54, 1.807) is 6.07 Å². The molecule has 0 aliphatic carbocycles. The average molecular weight is 280 g/mol. The van der Waals surface area contributed by atoms with Gasteiger partial charge in [0.2, 0.25) is 0 Å². The van der Waals surface area contributed by atoms with Crippen molar-refractivity contribution in [2.45, 2.75) is 77.2 Å². The fourth-order valence-electron chi connectivity index (χ4n) is 2.55. The number of rotatable bonds is 11.